The minimum absolute atomic E-state index is 0.108. The van der Waals surface area contributed by atoms with Crippen LogP contribution in [0.4, 0.5) is 0 Å². The molecule has 148 valence electrons. The lowest BCUT2D eigenvalue weighted by Gasteiger charge is -2.47. The van der Waals surface area contributed by atoms with Crippen LogP contribution in [0.25, 0.3) is 0 Å². The number of hydrogen-bond donors (Lipinski definition) is 1. The van der Waals surface area contributed by atoms with Gasteiger partial charge in [0, 0.05) is 29.5 Å². The number of azo groups is 1. The first-order chi connectivity index (χ1) is 13.1. The van der Waals surface area contributed by atoms with Crippen LogP contribution in [0.1, 0.15) is 45.6 Å². The molecule has 0 radical (unpaired) electrons. The second-order valence-electron chi connectivity index (χ2n) is 8.72. The average Bonchev–Trinajstić information content (AvgIpc) is 3.06. The van der Waals surface area contributed by atoms with Gasteiger partial charge >= 0.3 is 0 Å². The third kappa shape index (κ3) is 2.75. The average molecular weight is 400 g/mol. The molecular weight excluding hydrogens is 374 g/mol. The molecular formula is C21H25N3O3S. The fraction of sp³-hybridized carbons (Fsp3) is 0.476. The molecule has 2 aliphatic heterocycles. The molecule has 0 spiro atoms. The molecule has 1 N–H and O–H groups in total. The largest absolute Gasteiger partial charge is 0.362 e. The van der Waals surface area contributed by atoms with Gasteiger partial charge in [-0.05, 0) is 36.0 Å². The number of nitrogens with one attached hydrogen (secondary N) is 1. The highest BCUT2D eigenvalue weighted by Crippen LogP contribution is 2.53. The van der Waals surface area contributed by atoms with Crippen molar-refractivity contribution in [3.8, 4) is 0 Å². The molecule has 1 unspecified atom stereocenters. The molecule has 1 aromatic carbocycles. The highest BCUT2D eigenvalue weighted by Gasteiger charge is 2.53. The van der Waals surface area contributed by atoms with Gasteiger partial charge in [-0.25, -0.2) is 8.42 Å². The Morgan fingerprint density at radius 1 is 1.25 bits per heavy atom. The standard InChI is InChI=1S/C21H25N3O3S/c1-5-21(13-7-6-8-14(9-13)28(4,26)27)15-12-22-24-19(15)23-16-10-20(2,3)11-17(25)18(16)21/h6-9,12,19,23H,5,10-11H2,1-4H3/t19?,21-/m1/s1. The summed E-state index contributed by atoms with van der Waals surface area (Å²) < 4.78 is 24.4. The summed E-state index contributed by atoms with van der Waals surface area (Å²) in [6, 6.07) is 6.97. The monoisotopic (exact) mass is 399 g/mol. The Hall–Kier alpha value is -2.28. The molecule has 0 aromatic heterocycles. The Morgan fingerprint density at radius 2 is 2.00 bits per heavy atom. The first-order valence-corrected chi connectivity index (χ1v) is 11.4. The van der Waals surface area contributed by atoms with E-state index < -0.39 is 15.3 Å². The number of fused-ring (bicyclic) bond motifs is 1. The summed E-state index contributed by atoms with van der Waals surface area (Å²) >= 11 is 0. The fourth-order valence-corrected chi connectivity index (χ4v) is 5.55. The zero-order valence-corrected chi connectivity index (χ0v) is 17.4. The smallest absolute Gasteiger partial charge is 0.175 e. The van der Waals surface area contributed by atoms with E-state index >= 15 is 0 Å². The molecule has 0 fully saturated rings. The second-order valence-corrected chi connectivity index (χ2v) is 10.7. The van der Waals surface area contributed by atoms with Crippen LogP contribution in [-0.2, 0) is 20.0 Å². The van der Waals surface area contributed by atoms with Crippen molar-refractivity contribution in [1.29, 1.82) is 0 Å². The molecule has 0 bridgehead atoms. The highest BCUT2D eigenvalue weighted by molar-refractivity contribution is 7.90. The number of rotatable bonds is 3. The van der Waals surface area contributed by atoms with Crippen molar-refractivity contribution in [2.75, 3.05) is 6.26 Å². The van der Waals surface area contributed by atoms with Crippen LogP contribution in [0.5, 0.6) is 0 Å². The molecule has 1 aliphatic carbocycles. The van der Waals surface area contributed by atoms with Crippen LogP contribution in [0.3, 0.4) is 0 Å². The first-order valence-electron chi connectivity index (χ1n) is 9.53. The van der Waals surface area contributed by atoms with Crippen LogP contribution >= 0.6 is 0 Å². The van der Waals surface area contributed by atoms with Gasteiger partial charge in [-0.2, -0.15) is 10.2 Å². The quantitative estimate of drug-likeness (QED) is 0.840. The van der Waals surface area contributed by atoms with Gasteiger partial charge in [0.05, 0.1) is 16.5 Å². The predicted molar refractivity (Wildman–Crippen MR) is 106 cm³/mol. The minimum atomic E-state index is -3.37. The zero-order chi connectivity index (χ0) is 20.3. The Bertz CT molecular complexity index is 1070. The van der Waals surface area contributed by atoms with E-state index in [4.69, 9.17) is 0 Å². The Morgan fingerprint density at radius 3 is 2.68 bits per heavy atom. The molecule has 2 heterocycles. The van der Waals surface area contributed by atoms with Crippen molar-refractivity contribution in [2.45, 2.75) is 56.5 Å². The Labute approximate surface area is 165 Å². The van der Waals surface area contributed by atoms with Gasteiger partial charge < -0.3 is 5.32 Å². The summed E-state index contributed by atoms with van der Waals surface area (Å²) in [7, 11) is -3.37. The van der Waals surface area contributed by atoms with E-state index in [1.165, 1.54) is 6.26 Å². The molecule has 0 amide bonds. The van der Waals surface area contributed by atoms with Crippen molar-refractivity contribution in [3.05, 3.63) is 52.9 Å². The topological polar surface area (TPSA) is 88.0 Å². The molecule has 6 nitrogen and oxygen atoms in total. The number of benzene rings is 1. The number of ketones is 1. The summed E-state index contributed by atoms with van der Waals surface area (Å²) in [4.78, 5) is 13.6. The van der Waals surface area contributed by atoms with E-state index in [9.17, 15) is 13.2 Å². The summed E-state index contributed by atoms with van der Waals surface area (Å²) in [6.07, 6.45) is 4.45. The molecule has 7 heteroatoms. The molecule has 28 heavy (non-hydrogen) atoms. The molecule has 0 saturated heterocycles. The van der Waals surface area contributed by atoms with Gasteiger partial charge in [-0.15, -0.1) is 0 Å². The number of carbonyl (C=O) groups is 1. The van der Waals surface area contributed by atoms with E-state index in [1.54, 1.807) is 24.4 Å². The van der Waals surface area contributed by atoms with E-state index in [-0.39, 0.29) is 22.3 Å². The summed E-state index contributed by atoms with van der Waals surface area (Å²) in [6.45, 7) is 6.22. The molecule has 2 atom stereocenters. The fourth-order valence-electron chi connectivity index (χ4n) is 4.88. The molecule has 1 aromatic rings. The Kier molecular flexibility index (Phi) is 4.16. The third-order valence-electron chi connectivity index (χ3n) is 6.06. The van der Waals surface area contributed by atoms with E-state index in [2.05, 4.69) is 29.4 Å². The number of carbonyl (C=O) groups excluding carboxylic acids is 1. The van der Waals surface area contributed by atoms with Crippen LogP contribution < -0.4 is 5.32 Å². The SMILES string of the molecule is CC[C@@]1(c2cccc(S(C)(=O)=O)c2)C2=CN=NC2NC2=C1C(=O)CC(C)(C)C2. The van der Waals surface area contributed by atoms with Crippen LogP contribution in [0.2, 0.25) is 0 Å². The van der Waals surface area contributed by atoms with E-state index in [1.807, 2.05) is 13.0 Å². The van der Waals surface area contributed by atoms with Gasteiger partial charge in [0.2, 0.25) is 0 Å². The maximum Gasteiger partial charge on any atom is 0.175 e. The number of allylic oxidation sites excluding steroid dienone is 2. The molecule has 4 rings (SSSR count). The van der Waals surface area contributed by atoms with Crippen molar-refractivity contribution in [3.63, 3.8) is 0 Å². The zero-order valence-electron chi connectivity index (χ0n) is 16.6. The van der Waals surface area contributed by atoms with Crippen molar-refractivity contribution in [2.24, 2.45) is 15.6 Å². The highest BCUT2D eigenvalue weighted by atomic mass is 32.2. The lowest BCUT2D eigenvalue weighted by molar-refractivity contribution is -0.119. The van der Waals surface area contributed by atoms with Gasteiger partial charge in [0.1, 0.15) is 0 Å². The predicted octanol–water partition coefficient (Wildman–Crippen LogP) is 3.66. The van der Waals surface area contributed by atoms with Crippen LogP contribution in [0, 0.1) is 5.41 Å². The number of nitrogens with zero attached hydrogens (tertiary/aromatic N) is 2. The molecule has 0 saturated carbocycles. The number of sulfone groups is 1. The number of hydrogen-bond acceptors (Lipinski definition) is 6. The molecule has 3 aliphatic rings. The van der Waals surface area contributed by atoms with Gasteiger partial charge in [-0.1, -0.05) is 32.9 Å². The lowest BCUT2D eigenvalue weighted by Crippen LogP contribution is -2.51. The van der Waals surface area contributed by atoms with Gasteiger partial charge in [-0.3, -0.25) is 4.79 Å². The second kappa shape index (κ2) is 6.11. The van der Waals surface area contributed by atoms with Crippen molar-refractivity contribution < 1.29 is 13.2 Å². The van der Waals surface area contributed by atoms with Crippen LogP contribution in [0.15, 0.2) is 62.4 Å². The summed E-state index contributed by atoms with van der Waals surface area (Å²) in [5, 5.41) is 11.9. The minimum Gasteiger partial charge on any atom is -0.362 e. The van der Waals surface area contributed by atoms with Crippen molar-refractivity contribution in [1.82, 2.24) is 5.32 Å². The van der Waals surface area contributed by atoms with Gasteiger partial charge in [0.15, 0.2) is 21.8 Å². The van der Waals surface area contributed by atoms with Gasteiger partial charge in [0.25, 0.3) is 0 Å². The maximum absolute atomic E-state index is 13.4. The normalized spacial score (nSPS) is 28.5. The van der Waals surface area contributed by atoms with Crippen molar-refractivity contribution >= 4 is 15.6 Å². The third-order valence-corrected chi connectivity index (χ3v) is 7.17. The summed E-state index contributed by atoms with van der Waals surface area (Å²) in [5.41, 5.74) is 2.53. The van der Waals surface area contributed by atoms with E-state index in [0.29, 0.717) is 12.8 Å². The van der Waals surface area contributed by atoms with E-state index in [0.717, 1.165) is 28.8 Å². The maximum atomic E-state index is 13.4. The Balaban J connectivity index is 2.01. The summed E-state index contributed by atoms with van der Waals surface area (Å²) in [5.74, 6) is 0.108. The van der Waals surface area contributed by atoms with Crippen LogP contribution in [-0.4, -0.2) is 26.6 Å². The number of Topliss-reactive ketones (excluding diaryl/α,β-unsaturated/α-hetero) is 1. The lowest BCUT2D eigenvalue weighted by atomic mass is 9.59. The first kappa shape index (κ1) is 19.1.